The molecule has 0 aliphatic carbocycles. The summed E-state index contributed by atoms with van der Waals surface area (Å²) >= 11 is 1.02. The minimum absolute atomic E-state index is 0.0479. The molecule has 1 heterocycles. The van der Waals surface area contributed by atoms with Gasteiger partial charge in [-0.15, -0.1) is 10.2 Å². The van der Waals surface area contributed by atoms with Crippen molar-refractivity contribution in [2.45, 2.75) is 17.1 Å². The highest BCUT2D eigenvalue weighted by atomic mass is 32.2. The molecule has 0 unspecified atom stereocenters. The van der Waals surface area contributed by atoms with Crippen molar-refractivity contribution in [3.8, 4) is 0 Å². The number of hydrogen-bond donors (Lipinski definition) is 2. The number of carbonyl (C=O) groups is 1. The second-order valence-corrected chi connectivity index (χ2v) is 6.42. The number of para-hydroxylation sites is 1. The Hall–Kier alpha value is -3.01. The summed E-state index contributed by atoms with van der Waals surface area (Å²) in [6, 6.07) is 15.8. The van der Waals surface area contributed by atoms with Crippen LogP contribution in [0.2, 0.25) is 0 Å². The number of hydrogen-bond acceptors (Lipinski definition) is 5. The van der Waals surface area contributed by atoms with Crippen LogP contribution in [0.15, 0.2) is 59.8 Å². The van der Waals surface area contributed by atoms with E-state index in [1.807, 2.05) is 18.2 Å². The van der Waals surface area contributed by atoms with Gasteiger partial charge in [-0.05, 0) is 29.8 Å². The molecule has 6 nitrogen and oxygen atoms in total. The van der Waals surface area contributed by atoms with E-state index in [1.54, 1.807) is 36.4 Å². The maximum Gasteiger partial charge on any atom is 0.453 e. The summed E-state index contributed by atoms with van der Waals surface area (Å²) in [6.45, 7) is 0. The van der Waals surface area contributed by atoms with Gasteiger partial charge in [0.2, 0.25) is 5.16 Å². The van der Waals surface area contributed by atoms with Gasteiger partial charge in [0.05, 0.1) is 0 Å². The molecule has 1 amide bonds. The topological polar surface area (TPSA) is 85.8 Å². The third-order valence-electron chi connectivity index (χ3n) is 3.53. The summed E-state index contributed by atoms with van der Waals surface area (Å²) < 4.78 is 38.4. The molecule has 0 fully saturated rings. The SMILES string of the molecule is Nn1c(SCc2ccc(C(=O)Nc3ccccc3)cc2)nnc1C(F)(F)F. The number of nitrogens with two attached hydrogens (primary N) is 1. The van der Waals surface area contributed by atoms with Gasteiger partial charge in [-0.3, -0.25) is 4.79 Å². The summed E-state index contributed by atoms with van der Waals surface area (Å²) in [5.41, 5.74) is 1.95. The molecule has 10 heteroatoms. The highest BCUT2D eigenvalue weighted by Gasteiger charge is 2.38. The summed E-state index contributed by atoms with van der Waals surface area (Å²) in [5, 5.41) is 9.25. The van der Waals surface area contributed by atoms with Gasteiger partial charge in [0.25, 0.3) is 11.7 Å². The molecule has 2 aromatic carbocycles. The lowest BCUT2D eigenvalue weighted by molar-refractivity contribution is -0.146. The number of benzene rings is 2. The highest BCUT2D eigenvalue weighted by Crippen LogP contribution is 2.29. The molecule has 0 aliphatic heterocycles. The first-order chi connectivity index (χ1) is 12.8. The number of amides is 1. The third kappa shape index (κ3) is 4.59. The molecule has 0 atom stereocenters. The van der Waals surface area contributed by atoms with Crippen LogP contribution in [-0.2, 0) is 11.9 Å². The number of nitrogens with one attached hydrogen (secondary N) is 1. The molecule has 0 bridgehead atoms. The summed E-state index contributed by atoms with van der Waals surface area (Å²) in [6.07, 6.45) is -4.66. The molecular formula is C17H14F3N5OS. The lowest BCUT2D eigenvalue weighted by Gasteiger charge is -2.07. The van der Waals surface area contributed by atoms with E-state index >= 15 is 0 Å². The number of carbonyl (C=O) groups excluding carboxylic acids is 1. The monoisotopic (exact) mass is 393 g/mol. The van der Waals surface area contributed by atoms with E-state index in [1.165, 1.54) is 0 Å². The molecule has 1 aromatic heterocycles. The average molecular weight is 393 g/mol. The van der Waals surface area contributed by atoms with E-state index in [2.05, 4.69) is 15.5 Å². The van der Waals surface area contributed by atoms with Crippen LogP contribution in [0, 0.1) is 0 Å². The van der Waals surface area contributed by atoms with Gasteiger partial charge in [-0.25, -0.2) is 4.68 Å². The minimum atomic E-state index is -4.66. The molecule has 3 aromatic rings. The zero-order valence-corrected chi connectivity index (χ0v) is 14.6. The maximum atomic E-state index is 12.7. The van der Waals surface area contributed by atoms with Gasteiger partial charge in [0, 0.05) is 17.0 Å². The number of aromatic nitrogens is 3. The summed E-state index contributed by atoms with van der Waals surface area (Å²) in [4.78, 5) is 12.2. The minimum Gasteiger partial charge on any atom is -0.335 e. The number of halogens is 3. The van der Waals surface area contributed by atoms with Crippen LogP contribution >= 0.6 is 11.8 Å². The van der Waals surface area contributed by atoms with Gasteiger partial charge in [-0.2, -0.15) is 13.2 Å². The lowest BCUT2D eigenvalue weighted by atomic mass is 10.1. The lowest BCUT2D eigenvalue weighted by Crippen LogP contribution is -2.21. The first-order valence-electron chi connectivity index (χ1n) is 7.70. The Bertz CT molecular complexity index is 926. The molecule has 0 radical (unpaired) electrons. The fourth-order valence-electron chi connectivity index (χ4n) is 2.19. The van der Waals surface area contributed by atoms with Gasteiger partial charge in [0.15, 0.2) is 0 Å². The van der Waals surface area contributed by atoms with Gasteiger partial charge >= 0.3 is 6.18 Å². The van der Waals surface area contributed by atoms with Crippen molar-refractivity contribution in [3.05, 3.63) is 71.5 Å². The van der Waals surface area contributed by atoms with Crippen molar-refractivity contribution in [3.63, 3.8) is 0 Å². The predicted octanol–water partition coefficient (Wildman–Crippen LogP) is 3.56. The highest BCUT2D eigenvalue weighted by molar-refractivity contribution is 7.98. The third-order valence-corrected chi connectivity index (χ3v) is 4.55. The van der Waals surface area contributed by atoms with E-state index in [0.717, 1.165) is 17.3 Å². The van der Waals surface area contributed by atoms with Crippen molar-refractivity contribution in [2.75, 3.05) is 11.2 Å². The normalized spacial score (nSPS) is 11.4. The molecule has 3 N–H and O–H groups in total. The number of nitrogens with zero attached hydrogens (tertiary/aromatic N) is 3. The fraction of sp³-hybridized carbons (Fsp3) is 0.118. The van der Waals surface area contributed by atoms with E-state index in [9.17, 15) is 18.0 Å². The Balaban J connectivity index is 1.61. The largest absolute Gasteiger partial charge is 0.453 e. The van der Waals surface area contributed by atoms with Crippen molar-refractivity contribution >= 4 is 23.4 Å². The smallest absolute Gasteiger partial charge is 0.335 e. The average Bonchev–Trinajstić information content (AvgIpc) is 3.02. The molecule has 0 saturated heterocycles. The van der Waals surface area contributed by atoms with Crippen LogP contribution in [0.25, 0.3) is 0 Å². The van der Waals surface area contributed by atoms with Crippen molar-refractivity contribution in [1.82, 2.24) is 14.9 Å². The number of rotatable bonds is 5. The van der Waals surface area contributed by atoms with Crippen LogP contribution in [0.4, 0.5) is 18.9 Å². The Morgan fingerprint density at radius 3 is 2.33 bits per heavy atom. The zero-order chi connectivity index (χ0) is 19.4. The van der Waals surface area contributed by atoms with Crippen LogP contribution in [-0.4, -0.2) is 20.8 Å². The van der Waals surface area contributed by atoms with E-state index in [-0.39, 0.29) is 11.1 Å². The number of anilines is 1. The molecular weight excluding hydrogens is 379 g/mol. The van der Waals surface area contributed by atoms with E-state index in [0.29, 0.717) is 21.7 Å². The van der Waals surface area contributed by atoms with Crippen LogP contribution in [0.5, 0.6) is 0 Å². The first kappa shape index (κ1) is 18.8. The molecule has 140 valence electrons. The Kier molecular flexibility index (Phi) is 5.36. The first-order valence-corrected chi connectivity index (χ1v) is 8.69. The quantitative estimate of drug-likeness (QED) is 0.511. The Labute approximate surface area is 156 Å². The molecule has 0 spiro atoms. The van der Waals surface area contributed by atoms with Crippen molar-refractivity contribution in [1.29, 1.82) is 0 Å². The standard InChI is InChI=1S/C17H14F3N5OS/c18-17(19,20)15-23-24-16(25(15)21)27-10-11-6-8-12(9-7-11)14(26)22-13-4-2-1-3-5-13/h1-9H,10,21H2,(H,22,26). The second kappa shape index (κ2) is 7.70. The van der Waals surface area contributed by atoms with E-state index < -0.39 is 12.0 Å². The predicted molar refractivity (Wildman–Crippen MR) is 95.6 cm³/mol. The van der Waals surface area contributed by atoms with E-state index in [4.69, 9.17) is 5.84 Å². The molecule has 27 heavy (non-hydrogen) atoms. The fourth-order valence-corrected chi connectivity index (χ4v) is 3.01. The number of alkyl halides is 3. The van der Waals surface area contributed by atoms with Crippen molar-refractivity contribution < 1.29 is 18.0 Å². The molecule has 0 saturated carbocycles. The number of nitrogen functional groups attached to an aromatic ring is 1. The van der Waals surface area contributed by atoms with Crippen molar-refractivity contribution in [2.24, 2.45) is 0 Å². The molecule has 0 aliphatic rings. The Morgan fingerprint density at radius 1 is 1.07 bits per heavy atom. The van der Waals surface area contributed by atoms with Gasteiger partial charge in [-0.1, -0.05) is 42.1 Å². The summed E-state index contributed by atoms with van der Waals surface area (Å²) in [5.74, 6) is 4.21. The Morgan fingerprint density at radius 2 is 1.74 bits per heavy atom. The van der Waals surface area contributed by atoms with Gasteiger partial charge in [0.1, 0.15) is 0 Å². The van der Waals surface area contributed by atoms with Gasteiger partial charge < -0.3 is 11.2 Å². The van der Waals surface area contributed by atoms with Crippen LogP contribution < -0.4 is 11.2 Å². The van der Waals surface area contributed by atoms with Crippen LogP contribution in [0.1, 0.15) is 21.7 Å². The van der Waals surface area contributed by atoms with Crippen LogP contribution in [0.3, 0.4) is 0 Å². The maximum absolute atomic E-state index is 12.7. The second-order valence-electron chi connectivity index (χ2n) is 5.48. The summed E-state index contributed by atoms with van der Waals surface area (Å²) in [7, 11) is 0. The zero-order valence-electron chi connectivity index (χ0n) is 13.8. The number of thioether (sulfide) groups is 1. The molecule has 3 rings (SSSR count).